The lowest BCUT2D eigenvalue weighted by molar-refractivity contribution is 1.12. The van der Waals surface area contributed by atoms with Crippen LogP contribution in [0.4, 0.5) is 0 Å². The Morgan fingerprint density at radius 2 is 0.812 bits per heavy atom. The Bertz CT molecular complexity index is 1440. The van der Waals surface area contributed by atoms with E-state index in [4.69, 9.17) is 0 Å². The summed E-state index contributed by atoms with van der Waals surface area (Å²) in [5, 5.41) is 2.61. The van der Waals surface area contributed by atoms with E-state index < -0.39 is 0 Å². The van der Waals surface area contributed by atoms with Crippen molar-refractivity contribution in [1.82, 2.24) is 9.13 Å². The van der Waals surface area contributed by atoms with Crippen LogP contribution in [0.15, 0.2) is 109 Å². The van der Waals surface area contributed by atoms with E-state index in [2.05, 4.69) is 132 Å². The lowest BCUT2D eigenvalue weighted by atomic mass is 10.0. The maximum atomic E-state index is 2.27. The Kier molecular flexibility index (Phi) is 4.26. The van der Waals surface area contributed by atoms with Gasteiger partial charge in [0.2, 0.25) is 0 Å². The van der Waals surface area contributed by atoms with Gasteiger partial charge in [-0.05, 0) is 72.5 Å². The van der Waals surface area contributed by atoms with Crippen molar-refractivity contribution < 1.29 is 0 Å². The molecule has 0 saturated carbocycles. The maximum absolute atomic E-state index is 2.27. The Morgan fingerprint density at radius 3 is 1.22 bits per heavy atom. The van der Waals surface area contributed by atoms with Gasteiger partial charge in [-0.25, -0.2) is 0 Å². The van der Waals surface area contributed by atoms with Gasteiger partial charge in [0.05, 0.1) is 11.0 Å². The first-order chi connectivity index (χ1) is 15.7. The second kappa shape index (κ2) is 7.28. The van der Waals surface area contributed by atoms with E-state index in [1.807, 2.05) is 0 Å². The fourth-order valence-corrected chi connectivity index (χ4v) is 4.76. The van der Waals surface area contributed by atoms with Crippen molar-refractivity contribution in [2.45, 2.75) is 13.8 Å². The third-order valence-electron chi connectivity index (χ3n) is 6.45. The molecule has 4 aromatic carbocycles. The van der Waals surface area contributed by atoms with Crippen LogP contribution in [0.3, 0.4) is 0 Å². The minimum Gasteiger partial charge on any atom is -0.316 e. The molecule has 0 amide bonds. The monoisotopic (exact) mass is 412 g/mol. The molecule has 2 aromatic heterocycles. The molecule has 32 heavy (non-hydrogen) atoms. The molecule has 2 heteroatoms. The van der Waals surface area contributed by atoms with Gasteiger partial charge in [0.15, 0.2) is 0 Å². The summed E-state index contributed by atoms with van der Waals surface area (Å²) in [4.78, 5) is 0. The molecule has 0 unspecified atom stereocenters. The van der Waals surface area contributed by atoms with Crippen molar-refractivity contribution >= 4 is 21.8 Å². The van der Waals surface area contributed by atoms with Crippen molar-refractivity contribution in [2.24, 2.45) is 0 Å². The first kappa shape index (κ1) is 18.7. The third-order valence-corrected chi connectivity index (χ3v) is 6.45. The smallest absolute Gasteiger partial charge is 0.0531 e. The number of rotatable bonds is 3. The van der Waals surface area contributed by atoms with Crippen LogP contribution in [0.2, 0.25) is 0 Å². The van der Waals surface area contributed by atoms with Crippen molar-refractivity contribution in [1.29, 1.82) is 0 Å². The van der Waals surface area contributed by atoms with Crippen LogP contribution in [-0.4, -0.2) is 9.13 Å². The van der Waals surface area contributed by atoms with Gasteiger partial charge in [-0.1, -0.05) is 60.7 Å². The molecule has 6 rings (SSSR count). The summed E-state index contributed by atoms with van der Waals surface area (Å²) >= 11 is 0. The molecule has 2 heterocycles. The van der Waals surface area contributed by atoms with Crippen LogP contribution in [0.1, 0.15) is 11.1 Å². The molecule has 0 N–H and O–H groups in total. The first-order valence-corrected chi connectivity index (χ1v) is 11.0. The van der Waals surface area contributed by atoms with E-state index in [9.17, 15) is 0 Å². The van der Waals surface area contributed by atoms with Gasteiger partial charge in [-0.3, -0.25) is 0 Å². The molecule has 0 aliphatic heterocycles. The summed E-state index contributed by atoms with van der Waals surface area (Å²) in [6.45, 7) is 4.34. The lowest BCUT2D eigenvalue weighted by Crippen LogP contribution is -1.93. The van der Waals surface area contributed by atoms with Crippen molar-refractivity contribution in [3.05, 3.63) is 121 Å². The van der Waals surface area contributed by atoms with Crippen LogP contribution in [-0.2, 0) is 0 Å². The highest BCUT2D eigenvalue weighted by Crippen LogP contribution is 2.28. The first-order valence-electron chi connectivity index (χ1n) is 11.0. The zero-order valence-corrected chi connectivity index (χ0v) is 18.3. The highest BCUT2D eigenvalue weighted by atomic mass is 15.0. The Labute approximate surface area is 188 Å². The van der Waals surface area contributed by atoms with Crippen molar-refractivity contribution in [3.63, 3.8) is 0 Å². The molecule has 2 nitrogen and oxygen atoms in total. The fraction of sp³-hybridized carbons (Fsp3) is 0.0667. The largest absolute Gasteiger partial charge is 0.316 e. The highest BCUT2D eigenvalue weighted by molar-refractivity contribution is 5.86. The summed E-state index contributed by atoms with van der Waals surface area (Å²) < 4.78 is 4.55. The van der Waals surface area contributed by atoms with Gasteiger partial charge in [0.25, 0.3) is 0 Å². The van der Waals surface area contributed by atoms with Crippen LogP contribution < -0.4 is 0 Å². The second-order valence-electron chi connectivity index (χ2n) is 8.49. The van der Waals surface area contributed by atoms with E-state index in [0.29, 0.717) is 0 Å². The summed E-state index contributed by atoms with van der Waals surface area (Å²) in [5.74, 6) is 0. The van der Waals surface area contributed by atoms with Crippen LogP contribution in [0.5, 0.6) is 0 Å². The Morgan fingerprint density at radius 1 is 0.438 bits per heavy atom. The van der Waals surface area contributed by atoms with E-state index in [1.165, 1.54) is 55.4 Å². The molecule has 0 spiro atoms. The molecule has 154 valence electrons. The highest BCUT2D eigenvalue weighted by Gasteiger charge is 2.08. The number of hydrogen-bond acceptors (Lipinski definition) is 0. The summed E-state index contributed by atoms with van der Waals surface area (Å²) in [5.41, 5.74) is 9.91. The van der Waals surface area contributed by atoms with Gasteiger partial charge in [-0.2, -0.15) is 0 Å². The molecular weight excluding hydrogens is 388 g/mol. The van der Waals surface area contributed by atoms with Crippen LogP contribution in [0, 0.1) is 13.8 Å². The van der Waals surface area contributed by atoms with Gasteiger partial charge >= 0.3 is 0 Å². The van der Waals surface area contributed by atoms with E-state index in [-0.39, 0.29) is 0 Å². The lowest BCUT2D eigenvalue weighted by Gasteiger charge is -2.09. The van der Waals surface area contributed by atoms with E-state index in [0.717, 1.165) is 0 Å². The molecule has 6 aromatic rings. The summed E-state index contributed by atoms with van der Waals surface area (Å²) in [6, 6.07) is 34.8. The summed E-state index contributed by atoms with van der Waals surface area (Å²) in [6.07, 6.45) is 4.44. The number of nitrogens with zero attached hydrogens (tertiary/aromatic N) is 2. The topological polar surface area (TPSA) is 9.86 Å². The number of benzene rings is 4. The van der Waals surface area contributed by atoms with Crippen molar-refractivity contribution in [3.8, 4) is 22.5 Å². The Balaban J connectivity index is 1.33. The SMILES string of the molecule is Cc1cn(-c2ccc(-c3ccc(-n4cc(C)c5ccccc54)cc3)cc2)c2ccccc12. The number of para-hydroxylation sites is 2. The number of aryl methyl sites for hydroxylation is 2. The van der Waals surface area contributed by atoms with E-state index in [1.54, 1.807) is 0 Å². The molecule has 0 atom stereocenters. The predicted octanol–water partition coefficient (Wildman–Crippen LogP) is 7.86. The normalized spacial score (nSPS) is 11.4. The molecular formula is C30H24N2. The number of aromatic nitrogens is 2. The van der Waals surface area contributed by atoms with Crippen LogP contribution >= 0.6 is 0 Å². The average molecular weight is 413 g/mol. The zero-order valence-electron chi connectivity index (χ0n) is 18.3. The number of fused-ring (bicyclic) bond motifs is 2. The predicted molar refractivity (Wildman–Crippen MR) is 135 cm³/mol. The molecule has 0 aliphatic rings. The van der Waals surface area contributed by atoms with Gasteiger partial charge in [0.1, 0.15) is 0 Å². The molecule has 0 fully saturated rings. The van der Waals surface area contributed by atoms with Gasteiger partial charge in [-0.15, -0.1) is 0 Å². The van der Waals surface area contributed by atoms with Crippen molar-refractivity contribution in [2.75, 3.05) is 0 Å². The fourth-order valence-electron chi connectivity index (χ4n) is 4.76. The van der Waals surface area contributed by atoms with Gasteiger partial charge < -0.3 is 9.13 Å². The standard InChI is InChI=1S/C30H24N2/c1-21-19-31(29-9-5-3-7-27(21)29)25-15-11-23(12-16-25)24-13-17-26(18-14-24)32-20-22(2)28-8-4-6-10-30(28)32/h3-20H,1-2H3. The molecule has 0 radical (unpaired) electrons. The minimum atomic E-state index is 1.18. The molecule has 0 saturated heterocycles. The van der Waals surface area contributed by atoms with Gasteiger partial charge in [0, 0.05) is 34.5 Å². The quantitative estimate of drug-likeness (QED) is 0.280. The maximum Gasteiger partial charge on any atom is 0.0531 e. The minimum absolute atomic E-state index is 1.18. The zero-order chi connectivity index (χ0) is 21.7. The third kappa shape index (κ3) is 2.96. The Hall–Kier alpha value is -4.04. The number of hydrogen-bond donors (Lipinski definition) is 0. The van der Waals surface area contributed by atoms with E-state index >= 15 is 0 Å². The molecule has 0 aliphatic carbocycles. The summed E-state index contributed by atoms with van der Waals surface area (Å²) in [7, 11) is 0. The average Bonchev–Trinajstić information content (AvgIpc) is 3.37. The molecule has 0 bridgehead atoms. The second-order valence-corrected chi connectivity index (χ2v) is 8.49. The van der Waals surface area contributed by atoms with Crippen LogP contribution in [0.25, 0.3) is 44.3 Å².